The highest BCUT2D eigenvalue weighted by Gasteiger charge is 2.34. The van der Waals surface area contributed by atoms with E-state index >= 15 is 0 Å². The van der Waals surface area contributed by atoms with Crippen LogP contribution in [0, 0.1) is 13.8 Å². The summed E-state index contributed by atoms with van der Waals surface area (Å²) in [5.41, 5.74) is 1.28. The summed E-state index contributed by atoms with van der Waals surface area (Å²) in [5.74, 6) is -1.14. The van der Waals surface area contributed by atoms with Crippen molar-refractivity contribution in [3.63, 3.8) is 0 Å². The van der Waals surface area contributed by atoms with Crippen molar-refractivity contribution in [2.24, 2.45) is 0 Å². The van der Waals surface area contributed by atoms with Crippen molar-refractivity contribution in [3.05, 3.63) is 94.1 Å². The molecule has 0 aliphatic heterocycles. The molecule has 5 nitrogen and oxygen atoms in total. The number of amides is 1. The maximum absolute atomic E-state index is 13.6. The lowest BCUT2D eigenvalue weighted by molar-refractivity contribution is -0.137. The maximum Gasteiger partial charge on any atom is 0.418 e. The third kappa shape index (κ3) is 4.72. The Morgan fingerprint density at radius 2 is 1.63 bits per heavy atom. The number of nitrogens with one attached hydrogen (secondary N) is 1. The quantitative estimate of drug-likeness (QED) is 0.305. The highest BCUT2D eigenvalue weighted by Crippen LogP contribution is 2.37. The van der Waals surface area contributed by atoms with Crippen molar-refractivity contribution in [2.45, 2.75) is 20.0 Å². The number of thiophene rings is 1. The summed E-state index contributed by atoms with van der Waals surface area (Å²) in [4.78, 5) is 26.6. The van der Waals surface area contributed by atoms with E-state index in [0.29, 0.717) is 11.4 Å². The van der Waals surface area contributed by atoms with Crippen molar-refractivity contribution in [3.8, 4) is 16.1 Å². The van der Waals surface area contributed by atoms with Crippen LogP contribution in [0.5, 0.6) is 0 Å². The zero-order valence-electron chi connectivity index (χ0n) is 19.1. The SMILES string of the molecule is COC(=O)c1sc(-c2ccccc2)cc1NC(=O)c1cc(C)n(-c2ccccc2C(F)(F)F)c1C. The van der Waals surface area contributed by atoms with Crippen LogP contribution in [0.1, 0.15) is 37.0 Å². The summed E-state index contributed by atoms with van der Waals surface area (Å²) in [7, 11) is 1.25. The fourth-order valence-corrected chi connectivity index (χ4v) is 4.97. The van der Waals surface area contributed by atoms with Gasteiger partial charge in [-0.2, -0.15) is 13.2 Å². The number of carbonyl (C=O) groups excluding carboxylic acids is 2. The Morgan fingerprint density at radius 1 is 0.971 bits per heavy atom. The number of carbonyl (C=O) groups is 2. The molecule has 0 atom stereocenters. The average Bonchev–Trinajstić information content (AvgIpc) is 3.38. The van der Waals surface area contributed by atoms with Crippen molar-refractivity contribution in [1.29, 1.82) is 0 Å². The molecule has 180 valence electrons. The molecule has 4 rings (SSSR count). The van der Waals surface area contributed by atoms with E-state index in [9.17, 15) is 22.8 Å². The van der Waals surface area contributed by atoms with Gasteiger partial charge in [0.2, 0.25) is 0 Å². The molecule has 0 radical (unpaired) electrons. The van der Waals surface area contributed by atoms with Crippen LogP contribution in [0.2, 0.25) is 0 Å². The molecule has 0 fully saturated rings. The molecule has 0 saturated heterocycles. The van der Waals surface area contributed by atoms with Crippen LogP contribution < -0.4 is 5.32 Å². The Labute approximate surface area is 203 Å². The van der Waals surface area contributed by atoms with Crippen molar-refractivity contribution in [1.82, 2.24) is 4.57 Å². The highest BCUT2D eigenvalue weighted by atomic mass is 32.1. The molecule has 0 aliphatic rings. The third-order valence-electron chi connectivity index (χ3n) is 5.54. The lowest BCUT2D eigenvalue weighted by atomic mass is 10.1. The predicted molar refractivity (Wildman–Crippen MR) is 129 cm³/mol. The lowest BCUT2D eigenvalue weighted by Gasteiger charge is -2.16. The molecule has 9 heteroatoms. The van der Waals surface area contributed by atoms with Gasteiger partial charge in [-0.1, -0.05) is 42.5 Å². The predicted octanol–water partition coefficient (Wildman–Crippen LogP) is 6.88. The number of aryl methyl sites for hydroxylation is 1. The smallest absolute Gasteiger partial charge is 0.418 e. The Kier molecular flexibility index (Phi) is 6.53. The Morgan fingerprint density at radius 3 is 2.29 bits per heavy atom. The fourth-order valence-electron chi connectivity index (χ4n) is 3.93. The van der Waals surface area contributed by atoms with Gasteiger partial charge in [-0.15, -0.1) is 11.3 Å². The van der Waals surface area contributed by atoms with Gasteiger partial charge < -0.3 is 14.6 Å². The number of hydrogen-bond donors (Lipinski definition) is 1. The van der Waals surface area contributed by atoms with Crippen LogP contribution in [-0.2, 0) is 10.9 Å². The van der Waals surface area contributed by atoms with Gasteiger partial charge in [0.25, 0.3) is 5.91 Å². The number of ether oxygens (including phenoxy) is 1. The number of anilines is 1. The van der Waals surface area contributed by atoms with Crippen molar-refractivity contribution < 1.29 is 27.5 Å². The van der Waals surface area contributed by atoms with Crippen LogP contribution in [-0.4, -0.2) is 23.6 Å². The number of esters is 1. The van der Waals surface area contributed by atoms with E-state index in [0.717, 1.165) is 16.5 Å². The van der Waals surface area contributed by atoms with Gasteiger partial charge >= 0.3 is 12.1 Å². The van der Waals surface area contributed by atoms with Crippen LogP contribution in [0.25, 0.3) is 16.1 Å². The zero-order chi connectivity index (χ0) is 25.3. The number of rotatable bonds is 5. The first-order chi connectivity index (χ1) is 16.6. The minimum atomic E-state index is -4.55. The van der Waals surface area contributed by atoms with E-state index in [-0.39, 0.29) is 21.8 Å². The van der Waals surface area contributed by atoms with Gasteiger partial charge in [-0.05, 0) is 43.7 Å². The summed E-state index contributed by atoms with van der Waals surface area (Å²) >= 11 is 1.18. The molecule has 2 aromatic heterocycles. The second-order valence-electron chi connectivity index (χ2n) is 7.80. The summed E-state index contributed by atoms with van der Waals surface area (Å²) in [6, 6.07) is 17.8. The fraction of sp³-hybridized carbons (Fsp3) is 0.154. The largest absolute Gasteiger partial charge is 0.465 e. The first-order valence-corrected chi connectivity index (χ1v) is 11.4. The number of methoxy groups -OCH3 is 1. The Balaban J connectivity index is 1.73. The van der Waals surface area contributed by atoms with Gasteiger partial charge in [0.1, 0.15) is 4.88 Å². The molecule has 2 aromatic carbocycles. The lowest BCUT2D eigenvalue weighted by Crippen LogP contribution is -2.16. The normalized spacial score (nSPS) is 11.4. The summed E-state index contributed by atoms with van der Waals surface area (Å²) in [6.45, 7) is 3.22. The van der Waals surface area contributed by atoms with Gasteiger partial charge in [0, 0.05) is 16.3 Å². The molecular weight excluding hydrogens is 477 g/mol. The number of halogens is 3. The molecule has 0 saturated carbocycles. The molecule has 0 bridgehead atoms. The molecule has 1 N–H and O–H groups in total. The molecule has 35 heavy (non-hydrogen) atoms. The standard InChI is InChI=1S/C26H21F3N2O3S/c1-15-13-18(16(2)31(15)21-12-8-7-11-19(21)26(27,28)29)24(32)30-20-14-22(17-9-5-4-6-10-17)35-23(20)25(33)34-3/h4-14H,1-3H3,(H,30,32). The Hall–Kier alpha value is -3.85. The van der Waals surface area contributed by atoms with Crippen LogP contribution >= 0.6 is 11.3 Å². The number of aromatic nitrogens is 1. The van der Waals surface area contributed by atoms with Gasteiger partial charge in [0.05, 0.1) is 29.6 Å². The van der Waals surface area contributed by atoms with Crippen LogP contribution in [0.15, 0.2) is 66.7 Å². The minimum Gasteiger partial charge on any atom is -0.465 e. The van der Waals surface area contributed by atoms with E-state index < -0.39 is 23.6 Å². The van der Waals surface area contributed by atoms with Gasteiger partial charge in [-0.25, -0.2) is 4.79 Å². The zero-order valence-corrected chi connectivity index (χ0v) is 19.9. The van der Waals surface area contributed by atoms with E-state index in [4.69, 9.17) is 4.74 Å². The molecule has 0 aliphatic carbocycles. The Bertz CT molecular complexity index is 1410. The van der Waals surface area contributed by atoms with Crippen LogP contribution in [0.3, 0.4) is 0 Å². The average molecular weight is 499 g/mol. The summed E-state index contributed by atoms with van der Waals surface area (Å²) in [6.07, 6.45) is -4.55. The molecule has 0 spiro atoms. The van der Waals surface area contributed by atoms with E-state index in [1.54, 1.807) is 19.9 Å². The van der Waals surface area contributed by atoms with Gasteiger partial charge in [-0.3, -0.25) is 4.79 Å². The second kappa shape index (κ2) is 9.42. The van der Waals surface area contributed by atoms with Crippen molar-refractivity contribution in [2.75, 3.05) is 12.4 Å². The van der Waals surface area contributed by atoms with E-state index in [2.05, 4.69) is 5.32 Å². The number of benzene rings is 2. The number of alkyl halides is 3. The van der Waals surface area contributed by atoms with Crippen molar-refractivity contribution >= 4 is 28.9 Å². The molecule has 0 unspecified atom stereocenters. The van der Waals surface area contributed by atoms with Gasteiger partial charge in [0.15, 0.2) is 0 Å². The third-order valence-corrected chi connectivity index (χ3v) is 6.70. The first-order valence-electron chi connectivity index (χ1n) is 10.6. The van der Waals surface area contributed by atoms with Crippen LogP contribution in [0.4, 0.5) is 18.9 Å². The molecule has 4 aromatic rings. The highest BCUT2D eigenvalue weighted by molar-refractivity contribution is 7.18. The summed E-state index contributed by atoms with van der Waals surface area (Å²) in [5, 5.41) is 2.75. The first kappa shape index (κ1) is 24.3. The van der Waals surface area contributed by atoms with E-state index in [1.807, 2.05) is 30.3 Å². The maximum atomic E-state index is 13.6. The minimum absolute atomic E-state index is 0.0637. The summed E-state index contributed by atoms with van der Waals surface area (Å²) < 4.78 is 47.1. The monoisotopic (exact) mass is 498 g/mol. The number of nitrogens with zero attached hydrogens (tertiary/aromatic N) is 1. The second-order valence-corrected chi connectivity index (χ2v) is 8.85. The number of hydrogen-bond acceptors (Lipinski definition) is 4. The molecule has 2 heterocycles. The van der Waals surface area contributed by atoms with E-state index in [1.165, 1.54) is 47.3 Å². The molecular formula is C26H21F3N2O3S. The topological polar surface area (TPSA) is 60.3 Å². The number of para-hydroxylation sites is 1. The molecule has 1 amide bonds.